The van der Waals surface area contributed by atoms with Gasteiger partial charge >= 0.3 is 0 Å². The van der Waals surface area contributed by atoms with Crippen molar-refractivity contribution < 1.29 is 4.39 Å². The molecule has 4 heteroatoms. The summed E-state index contributed by atoms with van der Waals surface area (Å²) in [6.45, 7) is 0.984. The molecule has 3 rings (SSSR count). The van der Waals surface area contributed by atoms with Crippen LogP contribution < -0.4 is 5.32 Å². The maximum absolute atomic E-state index is 12.7. The predicted molar refractivity (Wildman–Crippen MR) is 59.7 cm³/mol. The van der Waals surface area contributed by atoms with E-state index in [4.69, 9.17) is 0 Å². The molecule has 2 nitrogen and oxygen atoms in total. The van der Waals surface area contributed by atoms with Crippen molar-refractivity contribution in [3.05, 3.63) is 35.0 Å². The quantitative estimate of drug-likeness (QED) is 0.799. The van der Waals surface area contributed by atoms with Gasteiger partial charge in [0.1, 0.15) is 16.6 Å². The molecule has 0 fully saturated rings. The second-order valence-electron chi connectivity index (χ2n) is 3.47. The number of nitrogens with one attached hydrogen (secondary N) is 1. The van der Waals surface area contributed by atoms with Crippen LogP contribution in [0.3, 0.4) is 0 Å². The highest BCUT2D eigenvalue weighted by Gasteiger charge is 2.16. The molecule has 0 saturated heterocycles. The van der Waals surface area contributed by atoms with E-state index in [9.17, 15) is 4.39 Å². The van der Waals surface area contributed by atoms with E-state index >= 15 is 0 Å². The topological polar surface area (TPSA) is 24.9 Å². The smallest absolute Gasteiger partial charge is 0.141 e. The van der Waals surface area contributed by atoms with Crippen LogP contribution in [-0.2, 0) is 6.42 Å². The third-order valence-corrected chi connectivity index (χ3v) is 3.60. The summed E-state index contributed by atoms with van der Waals surface area (Å²) < 4.78 is 12.7. The third-order valence-electron chi connectivity index (χ3n) is 2.43. The minimum absolute atomic E-state index is 0.207. The van der Waals surface area contributed by atoms with Crippen LogP contribution in [0.1, 0.15) is 4.88 Å². The van der Waals surface area contributed by atoms with Crippen LogP contribution >= 0.6 is 11.3 Å². The molecule has 2 heterocycles. The molecule has 1 aromatic heterocycles. The van der Waals surface area contributed by atoms with Crippen molar-refractivity contribution in [3.8, 4) is 10.6 Å². The number of halogens is 1. The van der Waals surface area contributed by atoms with E-state index in [1.165, 1.54) is 17.0 Å². The first kappa shape index (κ1) is 8.85. The van der Waals surface area contributed by atoms with Gasteiger partial charge in [-0.25, -0.2) is 9.37 Å². The van der Waals surface area contributed by atoms with Crippen LogP contribution in [0.25, 0.3) is 10.6 Å². The van der Waals surface area contributed by atoms with Crippen LogP contribution in [0, 0.1) is 5.82 Å². The van der Waals surface area contributed by atoms with Crippen molar-refractivity contribution in [2.24, 2.45) is 0 Å². The normalized spacial score (nSPS) is 13.7. The van der Waals surface area contributed by atoms with Gasteiger partial charge in [-0.2, -0.15) is 0 Å². The van der Waals surface area contributed by atoms with E-state index in [1.807, 2.05) is 0 Å². The number of anilines is 1. The molecule has 0 unspecified atom stereocenters. The minimum Gasteiger partial charge on any atom is -0.369 e. The molecule has 0 amide bonds. The van der Waals surface area contributed by atoms with Crippen molar-refractivity contribution in [3.63, 3.8) is 0 Å². The van der Waals surface area contributed by atoms with Crippen molar-refractivity contribution in [2.45, 2.75) is 6.42 Å². The zero-order chi connectivity index (χ0) is 10.3. The first-order valence-electron chi connectivity index (χ1n) is 4.82. The van der Waals surface area contributed by atoms with Gasteiger partial charge in [-0.3, -0.25) is 0 Å². The summed E-state index contributed by atoms with van der Waals surface area (Å²) >= 11 is 1.68. The van der Waals surface area contributed by atoms with Gasteiger partial charge in [-0.1, -0.05) is 0 Å². The zero-order valence-electron chi connectivity index (χ0n) is 7.96. The first-order valence-corrected chi connectivity index (χ1v) is 5.64. The standard InChI is InChI=1S/C11H9FN2S/c12-8-3-1-7(2-4-8)11-14-10-9(15-11)5-6-13-10/h1-4,13H,5-6H2. The molecule has 0 atom stereocenters. The highest BCUT2D eigenvalue weighted by molar-refractivity contribution is 7.15. The maximum Gasteiger partial charge on any atom is 0.141 e. The minimum atomic E-state index is -0.207. The largest absolute Gasteiger partial charge is 0.369 e. The number of hydrogen-bond acceptors (Lipinski definition) is 3. The van der Waals surface area contributed by atoms with E-state index in [0.29, 0.717) is 0 Å². The summed E-state index contributed by atoms with van der Waals surface area (Å²) in [6.07, 6.45) is 1.05. The molecule has 1 aromatic carbocycles. The van der Waals surface area contributed by atoms with E-state index in [-0.39, 0.29) is 5.82 Å². The fraction of sp³-hybridized carbons (Fsp3) is 0.182. The molecule has 0 saturated carbocycles. The molecule has 0 aliphatic carbocycles. The van der Waals surface area contributed by atoms with Gasteiger partial charge in [0, 0.05) is 18.5 Å². The molecule has 0 bridgehead atoms. The Balaban J connectivity index is 2.02. The third kappa shape index (κ3) is 1.51. The Morgan fingerprint density at radius 2 is 2.07 bits per heavy atom. The molecule has 0 radical (unpaired) electrons. The van der Waals surface area contributed by atoms with E-state index in [0.717, 1.165) is 29.4 Å². The Morgan fingerprint density at radius 3 is 2.80 bits per heavy atom. The van der Waals surface area contributed by atoms with E-state index in [1.54, 1.807) is 23.5 Å². The SMILES string of the molecule is Fc1ccc(-c2nc3c(s2)CCN3)cc1. The second-order valence-corrected chi connectivity index (χ2v) is 4.56. The summed E-state index contributed by atoms with van der Waals surface area (Å²) in [5, 5.41) is 4.19. The number of thiazole rings is 1. The van der Waals surface area contributed by atoms with Crippen molar-refractivity contribution >= 4 is 17.2 Å². The van der Waals surface area contributed by atoms with Crippen LogP contribution in [0.2, 0.25) is 0 Å². The van der Waals surface area contributed by atoms with Crippen molar-refractivity contribution in [1.29, 1.82) is 0 Å². The number of benzene rings is 1. The Bertz CT molecular complexity index is 468. The van der Waals surface area contributed by atoms with Crippen LogP contribution in [-0.4, -0.2) is 11.5 Å². The maximum atomic E-state index is 12.7. The molecule has 0 spiro atoms. The number of nitrogens with zero attached hydrogens (tertiary/aromatic N) is 1. The van der Waals surface area contributed by atoms with Gasteiger partial charge in [0.05, 0.1) is 4.88 Å². The summed E-state index contributed by atoms with van der Waals surface area (Å²) in [6, 6.07) is 6.47. The molecule has 2 aromatic rings. The van der Waals surface area contributed by atoms with Crippen LogP contribution in [0.15, 0.2) is 24.3 Å². The zero-order valence-corrected chi connectivity index (χ0v) is 8.77. The first-order chi connectivity index (χ1) is 7.33. The number of fused-ring (bicyclic) bond motifs is 1. The van der Waals surface area contributed by atoms with E-state index < -0.39 is 0 Å². The van der Waals surface area contributed by atoms with Gasteiger partial charge < -0.3 is 5.32 Å². The molecule has 15 heavy (non-hydrogen) atoms. The summed E-state index contributed by atoms with van der Waals surface area (Å²) in [5.41, 5.74) is 0.984. The molecule has 1 N–H and O–H groups in total. The fourth-order valence-electron chi connectivity index (χ4n) is 1.67. The highest BCUT2D eigenvalue weighted by atomic mass is 32.1. The van der Waals surface area contributed by atoms with Gasteiger partial charge in [-0.15, -0.1) is 11.3 Å². The lowest BCUT2D eigenvalue weighted by Gasteiger charge is -1.96. The van der Waals surface area contributed by atoms with Crippen LogP contribution in [0.5, 0.6) is 0 Å². The molecule has 1 aliphatic rings. The van der Waals surface area contributed by atoms with Crippen molar-refractivity contribution in [1.82, 2.24) is 4.98 Å². The van der Waals surface area contributed by atoms with Gasteiger partial charge in [0.15, 0.2) is 0 Å². The summed E-state index contributed by atoms with van der Waals surface area (Å²) in [7, 11) is 0. The molecule has 1 aliphatic heterocycles. The molecule has 76 valence electrons. The number of rotatable bonds is 1. The summed E-state index contributed by atoms with van der Waals surface area (Å²) in [5.74, 6) is 0.792. The molecular weight excluding hydrogens is 211 g/mol. The predicted octanol–water partition coefficient (Wildman–Crippen LogP) is 2.92. The Kier molecular flexibility index (Phi) is 1.95. The van der Waals surface area contributed by atoms with Gasteiger partial charge in [0.2, 0.25) is 0 Å². The Labute approximate surface area is 90.8 Å². The number of aromatic nitrogens is 1. The Hall–Kier alpha value is -1.42. The lowest BCUT2D eigenvalue weighted by Crippen LogP contribution is -1.93. The van der Waals surface area contributed by atoms with E-state index in [2.05, 4.69) is 10.3 Å². The Morgan fingerprint density at radius 1 is 1.27 bits per heavy atom. The fourth-order valence-corrected chi connectivity index (χ4v) is 2.71. The van der Waals surface area contributed by atoms with Gasteiger partial charge in [0.25, 0.3) is 0 Å². The van der Waals surface area contributed by atoms with Gasteiger partial charge in [-0.05, 0) is 24.3 Å². The lowest BCUT2D eigenvalue weighted by molar-refractivity contribution is 0.628. The average molecular weight is 220 g/mol. The van der Waals surface area contributed by atoms with Crippen molar-refractivity contribution in [2.75, 3.05) is 11.9 Å². The van der Waals surface area contributed by atoms with Crippen LogP contribution in [0.4, 0.5) is 10.2 Å². The monoisotopic (exact) mass is 220 g/mol. The lowest BCUT2D eigenvalue weighted by atomic mass is 10.2. The number of hydrogen-bond donors (Lipinski definition) is 1. The highest BCUT2D eigenvalue weighted by Crippen LogP contribution is 2.33. The second kappa shape index (κ2) is 3.31. The molecular formula is C11H9FN2S. The summed E-state index contributed by atoms with van der Waals surface area (Å²) in [4.78, 5) is 5.78. The average Bonchev–Trinajstić information content (AvgIpc) is 2.78.